The van der Waals surface area contributed by atoms with E-state index in [4.69, 9.17) is 26.6 Å². The van der Waals surface area contributed by atoms with E-state index in [2.05, 4.69) is 70.6 Å². The Balaban J connectivity index is 1.39. The molecule has 6 heteroatoms. The fourth-order valence-electron chi connectivity index (χ4n) is 5.80. The molecule has 0 spiro atoms. The summed E-state index contributed by atoms with van der Waals surface area (Å²) in [7, 11) is 1.99. The van der Waals surface area contributed by atoms with Crippen LogP contribution in [0.3, 0.4) is 0 Å². The second-order valence-electron chi connectivity index (χ2n) is 10.6. The summed E-state index contributed by atoms with van der Waals surface area (Å²) >= 11 is 6.78. The summed E-state index contributed by atoms with van der Waals surface area (Å²) in [6.07, 6.45) is 4.29. The maximum Gasteiger partial charge on any atom is 0.164 e. The molecule has 0 saturated heterocycles. The zero-order valence-corrected chi connectivity index (χ0v) is 25.2. The SMILES string of the molecule is C/C=C\C(NC)n1c2ccccc2c2cc(-c3cc(Cl)cc(-c4nc(-c5ccccc5)nc(-c5ccccc5)n4)c3)ccc21. The lowest BCUT2D eigenvalue weighted by Crippen LogP contribution is -2.20. The minimum atomic E-state index is 0.0347. The number of likely N-dealkylation sites (N-methyl/N-ethyl adjacent to an activating group) is 1. The first-order chi connectivity index (χ1) is 21.6. The summed E-state index contributed by atoms with van der Waals surface area (Å²) in [4.78, 5) is 14.7. The van der Waals surface area contributed by atoms with Crippen molar-refractivity contribution >= 4 is 33.4 Å². The Kier molecular flexibility index (Phi) is 7.49. The molecule has 0 fully saturated rings. The normalized spacial score (nSPS) is 12.3. The molecule has 1 atom stereocenters. The Morgan fingerprint density at radius 2 is 1.16 bits per heavy atom. The van der Waals surface area contributed by atoms with Crippen molar-refractivity contribution in [2.24, 2.45) is 0 Å². The van der Waals surface area contributed by atoms with Gasteiger partial charge in [-0.1, -0.05) is 109 Å². The summed E-state index contributed by atoms with van der Waals surface area (Å²) in [5.74, 6) is 1.80. The van der Waals surface area contributed by atoms with Crippen LogP contribution >= 0.6 is 11.6 Å². The molecule has 0 aliphatic carbocycles. The van der Waals surface area contributed by atoms with Crippen molar-refractivity contribution in [3.63, 3.8) is 0 Å². The maximum atomic E-state index is 6.78. The van der Waals surface area contributed by atoms with Crippen LogP contribution in [0.25, 0.3) is 67.1 Å². The number of nitrogens with one attached hydrogen (secondary N) is 1. The predicted molar refractivity (Wildman–Crippen MR) is 182 cm³/mol. The Labute approximate surface area is 261 Å². The first-order valence-corrected chi connectivity index (χ1v) is 15.0. The van der Waals surface area contributed by atoms with E-state index < -0.39 is 0 Å². The van der Waals surface area contributed by atoms with Crippen molar-refractivity contribution in [3.8, 4) is 45.3 Å². The number of hydrogen-bond acceptors (Lipinski definition) is 4. The molecular formula is C38H30ClN5. The average Bonchev–Trinajstić information content (AvgIpc) is 3.41. The van der Waals surface area contributed by atoms with E-state index in [0.717, 1.165) is 33.3 Å². The molecule has 0 radical (unpaired) electrons. The molecule has 0 bridgehead atoms. The third-order valence-electron chi connectivity index (χ3n) is 7.85. The first-order valence-electron chi connectivity index (χ1n) is 14.6. The number of halogens is 1. The number of aromatic nitrogens is 4. The van der Waals surface area contributed by atoms with Crippen LogP contribution in [0.1, 0.15) is 13.1 Å². The molecule has 44 heavy (non-hydrogen) atoms. The van der Waals surface area contributed by atoms with E-state index in [0.29, 0.717) is 22.5 Å². The monoisotopic (exact) mass is 591 g/mol. The van der Waals surface area contributed by atoms with Crippen LogP contribution in [-0.2, 0) is 0 Å². The van der Waals surface area contributed by atoms with Crippen molar-refractivity contribution < 1.29 is 0 Å². The van der Waals surface area contributed by atoms with Gasteiger partial charge in [-0.15, -0.1) is 0 Å². The van der Waals surface area contributed by atoms with Gasteiger partial charge in [0.15, 0.2) is 17.5 Å². The van der Waals surface area contributed by atoms with Crippen LogP contribution in [0, 0.1) is 0 Å². The molecule has 1 N–H and O–H groups in total. The van der Waals surface area contributed by atoms with Crippen LogP contribution < -0.4 is 5.32 Å². The summed E-state index contributed by atoms with van der Waals surface area (Å²) in [6, 6.07) is 41.2. The van der Waals surface area contributed by atoms with E-state index in [9.17, 15) is 0 Å². The molecule has 0 saturated carbocycles. The highest BCUT2D eigenvalue weighted by Crippen LogP contribution is 2.36. The molecule has 7 aromatic rings. The summed E-state index contributed by atoms with van der Waals surface area (Å²) in [5.41, 5.74) is 7.08. The van der Waals surface area contributed by atoms with Crippen LogP contribution in [-0.4, -0.2) is 26.6 Å². The number of hydrogen-bond donors (Lipinski definition) is 1. The van der Waals surface area contributed by atoms with Crippen LogP contribution in [0.4, 0.5) is 0 Å². The van der Waals surface area contributed by atoms with Gasteiger partial charge >= 0.3 is 0 Å². The summed E-state index contributed by atoms with van der Waals surface area (Å²) < 4.78 is 2.35. The van der Waals surface area contributed by atoms with Gasteiger partial charge in [-0.05, 0) is 61.5 Å². The van der Waals surface area contributed by atoms with Gasteiger partial charge in [-0.3, -0.25) is 5.32 Å². The number of rotatable bonds is 7. The van der Waals surface area contributed by atoms with Crippen molar-refractivity contribution in [2.75, 3.05) is 7.05 Å². The zero-order valence-electron chi connectivity index (χ0n) is 24.4. The summed E-state index contributed by atoms with van der Waals surface area (Å²) in [5, 5.41) is 6.44. The molecule has 0 amide bonds. The Morgan fingerprint density at radius 3 is 1.80 bits per heavy atom. The maximum absolute atomic E-state index is 6.78. The number of fused-ring (bicyclic) bond motifs is 3. The number of nitrogens with zero attached hydrogens (tertiary/aromatic N) is 4. The van der Waals surface area contributed by atoms with E-state index in [1.807, 2.05) is 86.8 Å². The molecule has 7 rings (SSSR count). The molecule has 0 aliphatic heterocycles. The van der Waals surface area contributed by atoms with Gasteiger partial charge in [0.25, 0.3) is 0 Å². The second-order valence-corrected chi connectivity index (χ2v) is 11.1. The molecule has 1 unspecified atom stereocenters. The van der Waals surface area contributed by atoms with Gasteiger partial charge in [0, 0.05) is 32.5 Å². The highest BCUT2D eigenvalue weighted by Gasteiger charge is 2.17. The Morgan fingerprint density at radius 1 is 0.591 bits per heavy atom. The Bertz CT molecular complexity index is 2080. The summed E-state index contributed by atoms with van der Waals surface area (Å²) in [6.45, 7) is 2.05. The number of benzene rings is 5. The lowest BCUT2D eigenvalue weighted by atomic mass is 10.0. The third-order valence-corrected chi connectivity index (χ3v) is 8.07. The van der Waals surface area contributed by atoms with Gasteiger partial charge in [-0.2, -0.15) is 0 Å². The van der Waals surface area contributed by atoms with Crippen molar-refractivity contribution in [3.05, 3.63) is 139 Å². The van der Waals surface area contributed by atoms with Crippen molar-refractivity contribution in [2.45, 2.75) is 13.1 Å². The van der Waals surface area contributed by atoms with Crippen LogP contribution in [0.2, 0.25) is 5.02 Å². The molecular weight excluding hydrogens is 562 g/mol. The van der Waals surface area contributed by atoms with Gasteiger partial charge < -0.3 is 4.57 Å². The highest BCUT2D eigenvalue weighted by molar-refractivity contribution is 6.31. The minimum Gasteiger partial charge on any atom is -0.321 e. The number of allylic oxidation sites excluding steroid dienone is 1. The van der Waals surface area contributed by atoms with Gasteiger partial charge in [-0.25, -0.2) is 15.0 Å². The highest BCUT2D eigenvalue weighted by atomic mass is 35.5. The van der Waals surface area contributed by atoms with E-state index in [1.54, 1.807) is 0 Å². The van der Waals surface area contributed by atoms with Crippen molar-refractivity contribution in [1.29, 1.82) is 0 Å². The molecule has 5 aromatic carbocycles. The van der Waals surface area contributed by atoms with E-state index in [-0.39, 0.29) is 6.17 Å². The van der Waals surface area contributed by atoms with E-state index in [1.165, 1.54) is 16.3 Å². The fourth-order valence-corrected chi connectivity index (χ4v) is 6.03. The quantitative estimate of drug-likeness (QED) is 0.187. The topological polar surface area (TPSA) is 55.6 Å². The lowest BCUT2D eigenvalue weighted by molar-refractivity contribution is 0.558. The molecule has 2 aromatic heterocycles. The molecule has 5 nitrogen and oxygen atoms in total. The standard InChI is InChI=1S/C38H30ClN5/c1-3-12-35(40-2)44-33-18-11-10-17-31(33)32-24-27(19-20-34(32)44)28-21-29(23-30(39)22-28)38-42-36(25-13-6-4-7-14-25)41-37(43-38)26-15-8-5-9-16-26/h3-24,35,40H,1-2H3/b12-3-. The van der Waals surface area contributed by atoms with Gasteiger partial charge in [0.05, 0.1) is 11.0 Å². The average molecular weight is 592 g/mol. The third kappa shape index (κ3) is 5.17. The van der Waals surface area contributed by atoms with E-state index >= 15 is 0 Å². The van der Waals surface area contributed by atoms with Crippen LogP contribution in [0.15, 0.2) is 133 Å². The first kappa shape index (κ1) is 27.7. The molecule has 214 valence electrons. The lowest BCUT2D eigenvalue weighted by Gasteiger charge is -2.17. The molecule has 0 aliphatic rings. The van der Waals surface area contributed by atoms with Gasteiger partial charge in [0.1, 0.15) is 6.17 Å². The van der Waals surface area contributed by atoms with Gasteiger partial charge in [0.2, 0.25) is 0 Å². The zero-order chi connectivity index (χ0) is 30.0. The Hall–Kier alpha value is -5.10. The largest absolute Gasteiger partial charge is 0.321 e. The predicted octanol–water partition coefficient (Wildman–Crippen LogP) is 9.59. The van der Waals surface area contributed by atoms with Crippen LogP contribution in [0.5, 0.6) is 0 Å². The minimum absolute atomic E-state index is 0.0347. The van der Waals surface area contributed by atoms with Crippen molar-refractivity contribution in [1.82, 2.24) is 24.8 Å². The second kappa shape index (κ2) is 11.9. The number of para-hydroxylation sites is 1. The molecule has 2 heterocycles. The smallest absolute Gasteiger partial charge is 0.164 e. The fraction of sp³-hybridized carbons (Fsp3) is 0.0789.